The fraction of sp³-hybridized carbons (Fsp3) is 1.00. The van der Waals surface area contributed by atoms with Gasteiger partial charge in [-0.3, -0.25) is 0 Å². The Morgan fingerprint density at radius 3 is 1.90 bits per heavy atom. The van der Waals surface area contributed by atoms with E-state index in [0.717, 1.165) is 11.8 Å². The normalized spacial score (nSPS) is 47.1. The minimum atomic E-state index is 0.549. The van der Waals surface area contributed by atoms with Gasteiger partial charge in [0.25, 0.3) is 0 Å². The summed E-state index contributed by atoms with van der Waals surface area (Å²) in [5.74, 6) is 2.03. The first kappa shape index (κ1) is 6.66. The molecule has 2 N–H and O–H groups in total. The van der Waals surface area contributed by atoms with E-state index in [1.165, 1.54) is 38.5 Å². The van der Waals surface area contributed by atoms with Crippen LogP contribution in [0.4, 0.5) is 0 Å². The Hall–Kier alpha value is -0.0400. The van der Waals surface area contributed by atoms with Crippen LogP contribution in [0, 0.1) is 11.8 Å². The number of nitrogens with two attached hydrogens (primary N) is 1. The Morgan fingerprint density at radius 1 is 0.900 bits per heavy atom. The van der Waals surface area contributed by atoms with Crippen molar-refractivity contribution in [2.75, 3.05) is 0 Å². The van der Waals surface area contributed by atoms with E-state index in [-0.39, 0.29) is 0 Å². The largest absolute Gasteiger partial charge is 0.328 e. The molecule has 2 rings (SSSR count). The first-order valence-corrected chi connectivity index (χ1v) is 4.62. The summed E-state index contributed by atoms with van der Waals surface area (Å²) in [6.07, 6.45) is 8.52. The molecule has 1 unspecified atom stereocenters. The van der Waals surface area contributed by atoms with E-state index in [1.807, 2.05) is 0 Å². The minimum Gasteiger partial charge on any atom is -0.328 e. The van der Waals surface area contributed by atoms with Crippen molar-refractivity contribution in [2.24, 2.45) is 17.6 Å². The van der Waals surface area contributed by atoms with Gasteiger partial charge in [0, 0.05) is 6.04 Å². The molecule has 0 aliphatic heterocycles. The summed E-state index contributed by atoms with van der Waals surface area (Å²) in [5, 5.41) is 0. The van der Waals surface area contributed by atoms with Gasteiger partial charge in [-0.1, -0.05) is 25.7 Å². The quantitative estimate of drug-likeness (QED) is 0.545. The minimum absolute atomic E-state index is 0.549. The van der Waals surface area contributed by atoms with Crippen LogP contribution in [0.15, 0.2) is 0 Å². The highest BCUT2D eigenvalue weighted by Crippen LogP contribution is 2.41. The summed E-state index contributed by atoms with van der Waals surface area (Å²) in [7, 11) is 0. The number of hydrogen-bond acceptors (Lipinski definition) is 1. The third kappa shape index (κ3) is 1.07. The topological polar surface area (TPSA) is 26.0 Å². The number of rotatable bonds is 0. The van der Waals surface area contributed by atoms with E-state index in [1.54, 1.807) is 0 Å². The second-order valence-corrected chi connectivity index (χ2v) is 4.04. The summed E-state index contributed by atoms with van der Waals surface area (Å²) in [4.78, 5) is 0. The molecule has 0 amide bonds. The highest BCUT2D eigenvalue weighted by Gasteiger charge is 2.33. The lowest BCUT2D eigenvalue weighted by Gasteiger charge is -2.24. The van der Waals surface area contributed by atoms with Crippen LogP contribution in [0.25, 0.3) is 0 Å². The van der Waals surface area contributed by atoms with Gasteiger partial charge in [0.15, 0.2) is 0 Å². The SMILES string of the molecule is NC1C[C@H]2CCCC[C@H]2C1. The zero-order chi connectivity index (χ0) is 6.97. The maximum absolute atomic E-state index is 5.89. The number of fused-ring (bicyclic) bond motifs is 1. The molecule has 0 bridgehead atoms. The lowest BCUT2D eigenvalue weighted by Crippen LogP contribution is -2.14. The van der Waals surface area contributed by atoms with Gasteiger partial charge in [-0.05, 0) is 24.7 Å². The van der Waals surface area contributed by atoms with Gasteiger partial charge >= 0.3 is 0 Å². The van der Waals surface area contributed by atoms with E-state index < -0.39 is 0 Å². The van der Waals surface area contributed by atoms with Gasteiger partial charge in [0.2, 0.25) is 0 Å². The standard InChI is InChI=1S/C9H17N/c10-9-5-7-3-1-2-4-8(7)6-9/h7-9H,1-6,10H2/t7-,8+,9?. The summed E-state index contributed by atoms with van der Waals surface area (Å²) in [6, 6.07) is 0.549. The summed E-state index contributed by atoms with van der Waals surface area (Å²) < 4.78 is 0. The molecule has 1 heteroatoms. The Bertz CT molecular complexity index is 108. The lowest BCUT2D eigenvalue weighted by molar-refractivity contribution is 0.277. The van der Waals surface area contributed by atoms with Crippen LogP contribution >= 0.6 is 0 Å². The van der Waals surface area contributed by atoms with Crippen LogP contribution in [0.3, 0.4) is 0 Å². The van der Waals surface area contributed by atoms with E-state index in [0.29, 0.717) is 6.04 Å². The smallest absolute Gasteiger partial charge is 0.00443 e. The molecule has 0 saturated heterocycles. The van der Waals surface area contributed by atoms with Crippen molar-refractivity contribution in [3.63, 3.8) is 0 Å². The molecule has 2 aliphatic carbocycles. The maximum atomic E-state index is 5.89. The fourth-order valence-electron chi connectivity index (χ4n) is 2.78. The van der Waals surface area contributed by atoms with Crippen molar-refractivity contribution in [2.45, 2.75) is 44.6 Å². The molecule has 1 nitrogen and oxygen atoms in total. The van der Waals surface area contributed by atoms with Crippen LogP contribution in [-0.2, 0) is 0 Å². The predicted molar refractivity (Wildman–Crippen MR) is 42.7 cm³/mol. The summed E-state index contributed by atoms with van der Waals surface area (Å²) in [6.45, 7) is 0. The van der Waals surface area contributed by atoms with Crippen LogP contribution in [-0.4, -0.2) is 6.04 Å². The van der Waals surface area contributed by atoms with Gasteiger partial charge in [0.05, 0.1) is 0 Å². The molecule has 3 atom stereocenters. The Labute approximate surface area is 63.0 Å². The molecule has 0 aromatic rings. The Kier molecular flexibility index (Phi) is 1.69. The second-order valence-electron chi connectivity index (χ2n) is 4.04. The molecule has 2 saturated carbocycles. The van der Waals surface area contributed by atoms with Crippen molar-refractivity contribution in [1.82, 2.24) is 0 Å². The second kappa shape index (κ2) is 2.54. The monoisotopic (exact) mass is 139 g/mol. The molecule has 2 fully saturated rings. The van der Waals surface area contributed by atoms with E-state index in [2.05, 4.69) is 0 Å². The molecule has 0 aromatic heterocycles. The summed E-state index contributed by atoms with van der Waals surface area (Å²) in [5.41, 5.74) is 5.89. The molecule has 0 radical (unpaired) electrons. The van der Waals surface area contributed by atoms with Gasteiger partial charge in [-0.25, -0.2) is 0 Å². The maximum Gasteiger partial charge on any atom is 0.00443 e. The predicted octanol–water partition coefficient (Wildman–Crippen LogP) is 1.91. The first-order chi connectivity index (χ1) is 4.86. The van der Waals surface area contributed by atoms with Crippen LogP contribution in [0.1, 0.15) is 38.5 Å². The zero-order valence-electron chi connectivity index (χ0n) is 6.55. The average molecular weight is 139 g/mol. The third-order valence-electron chi connectivity index (χ3n) is 3.28. The van der Waals surface area contributed by atoms with Gasteiger partial charge in [0.1, 0.15) is 0 Å². The molecule has 0 spiro atoms. The van der Waals surface area contributed by atoms with E-state index in [4.69, 9.17) is 5.73 Å². The fourth-order valence-corrected chi connectivity index (χ4v) is 2.78. The van der Waals surface area contributed by atoms with Crippen molar-refractivity contribution < 1.29 is 0 Å². The highest BCUT2D eigenvalue weighted by molar-refractivity contribution is 4.87. The van der Waals surface area contributed by atoms with Crippen molar-refractivity contribution in [3.8, 4) is 0 Å². The first-order valence-electron chi connectivity index (χ1n) is 4.62. The van der Waals surface area contributed by atoms with E-state index in [9.17, 15) is 0 Å². The third-order valence-corrected chi connectivity index (χ3v) is 3.28. The van der Waals surface area contributed by atoms with Crippen LogP contribution < -0.4 is 5.73 Å². The van der Waals surface area contributed by atoms with E-state index >= 15 is 0 Å². The molecular weight excluding hydrogens is 122 g/mol. The van der Waals surface area contributed by atoms with Crippen molar-refractivity contribution in [3.05, 3.63) is 0 Å². The Balaban J connectivity index is 1.97. The van der Waals surface area contributed by atoms with Crippen LogP contribution in [0.2, 0.25) is 0 Å². The zero-order valence-corrected chi connectivity index (χ0v) is 6.55. The van der Waals surface area contributed by atoms with Gasteiger partial charge in [-0.15, -0.1) is 0 Å². The number of hydrogen-bond donors (Lipinski definition) is 1. The molecule has 0 heterocycles. The Morgan fingerprint density at radius 2 is 1.40 bits per heavy atom. The van der Waals surface area contributed by atoms with Crippen LogP contribution in [0.5, 0.6) is 0 Å². The highest BCUT2D eigenvalue weighted by atomic mass is 14.7. The molecule has 0 aromatic carbocycles. The molecule has 58 valence electrons. The average Bonchev–Trinajstić information content (AvgIpc) is 2.27. The molecular formula is C9H17N. The van der Waals surface area contributed by atoms with Crippen molar-refractivity contribution >= 4 is 0 Å². The summed E-state index contributed by atoms with van der Waals surface area (Å²) >= 11 is 0. The van der Waals surface area contributed by atoms with Gasteiger partial charge in [-0.2, -0.15) is 0 Å². The molecule has 10 heavy (non-hydrogen) atoms. The van der Waals surface area contributed by atoms with Gasteiger partial charge < -0.3 is 5.73 Å². The lowest BCUT2D eigenvalue weighted by atomic mass is 9.82. The van der Waals surface area contributed by atoms with Crippen molar-refractivity contribution in [1.29, 1.82) is 0 Å². The molecule has 2 aliphatic rings.